The second-order valence-electron chi connectivity index (χ2n) is 5.92. The second kappa shape index (κ2) is 6.17. The van der Waals surface area contributed by atoms with Crippen molar-refractivity contribution in [3.8, 4) is 0 Å². The molecule has 0 spiro atoms. The Morgan fingerprint density at radius 1 is 1.05 bits per heavy atom. The van der Waals surface area contributed by atoms with Gasteiger partial charge in [-0.3, -0.25) is 0 Å². The average molecular weight is 293 g/mol. The Morgan fingerprint density at radius 2 is 1.58 bits per heavy atom. The molecule has 0 aliphatic heterocycles. The fraction of sp³-hybridized carbons (Fsp3) is 0.600. The highest BCUT2D eigenvalue weighted by Crippen LogP contribution is 2.30. The van der Waals surface area contributed by atoms with Gasteiger partial charge in [-0.25, -0.2) is 0 Å². The molecule has 0 fully saturated rings. The van der Waals surface area contributed by atoms with Crippen LogP contribution in [-0.2, 0) is 12.6 Å². The molecule has 19 heavy (non-hydrogen) atoms. The van der Waals surface area contributed by atoms with Gasteiger partial charge in [-0.2, -0.15) is 13.2 Å². The summed E-state index contributed by atoms with van der Waals surface area (Å²) in [5.74, 6) is 0. The molecule has 0 bridgehead atoms. The molecule has 0 N–H and O–H groups in total. The number of benzene rings is 1. The molecule has 0 nitrogen and oxygen atoms in total. The van der Waals surface area contributed by atoms with Gasteiger partial charge < -0.3 is 0 Å². The monoisotopic (exact) mass is 292 g/mol. The maximum absolute atomic E-state index is 12.4. The zero-order valence-corrected chi connectivity index (χ0v) is 12.3. The molecule has 0 saturated heterocycles. The molecule has 1 unspecified atom stereocenters. The molecular weight excluding hydrogens is 273 g/mol. The van der Waals surface area contributed by atoms with Crippen molar-refractivity contribution in [2.45, 2.75) is 51.6 Å². The number of rotatable bonds is 4. The Hall–Kier alpha value is -0.700. The van der Waals surface area contributed by atoms with Gasteiger partial charge in [0.05, 0.1) is 5.56 Å². The van der Waals surface area contributed by atoms with Crippen molar-refractivity contribution < 1.29 is 13.2 Å². The van der Waals surface area contributed by atoms with Crippen LogP contribution in [0.4, 0.5) is 13.2 Å². The van der Waals surface area contributed by atoms with Gasteiger partial charge in [0.2, 0.25) is 0 Å². The van der Waals surface area contributed by atoms with Crippen molar-refractivity contribution in [1.29, 1.82) is 0 Å². The molecular formula is C15H20ClF3. The minimum absolute atomic E-state index is 0.0572. The maximum atomic E-state index is 12.4. The van der Waals surface area contributed by atoms with Gasteiger partial charge in [-0.05, 0) is 42.4 Å². The van der Waals surface area contributed by atoms with Crippen molar-refractivity contribution >= 4 is 11.6 Å². The largest absolute Gasteiger partial charge is 0.416 e. The third-order valence-corrected chi connectivity index (χ3v) is 4.02. The lowest BCUT2D eigenvalue weighted by molar-refractivity contribution is -0.137. The van der Waals surface area contributed by atoms with Crippen molar-refractivity contribution in [2.24, 2.45) is 5.41 Å². The number of aryl methyl sites for hydroxylation is 1. The summed E-state index contributed by atoms with van der Waals surface area (Å²) in [5, 5.41) is 0.0851. The molecule has 1 atom stereocenters. The van der Waals surface area contributed by atoms with E-state index < -0.39 is 11.7 Å². The van der Waals surface area contributed by atoms with Crippen LogP contribution in [0, 0.1) is 5.41 Å². The maximum Gasteiger partial charge on any atom is 0.416 e. The molecule has 0 aliphatic rings. The first-order chi connectivity index (χ1) is 8.60. The summed E-state index contributed by atoms with van der Waals surface area (Å²) in [5.41, 5.74) is 0.383. The molecule has 108 valence electrons. The van der Waals surface area contributed by atoms with E-state index in [0.717, 1.165) is 37.0 Å². The minimum Gasteiger partial charge on any atom is -0.166 e. The van der Waals surface area contributed by atoms with Gasteiger partial charge in [0.15, 0.2) is 0 Å². The summed E-state index contributed by atoms with van der Waals surface area (Å²) < 4.78 is 37.2. The number of hydrogen-bond acceptors (Lipinski definition) is 0. The van der Waals surface area contributed by atoms with E-state index in [1.165, 1.54) is 0 Å². The van der Waals surface area contributed by atoms with E-state index in [2.05, 4.69) is 20.8 Å². The van der Waals surface area contributed by atoms with E-state index in [1.54, 1.807) is 12.1 Å². The normalized spacial score (nSPS) is 14.5. The molecule has 1 rings (SSSR count). The van der Waals surface area contributed by atoms with Gasteiger partial charge in [0.1, 0.15) is 0 Å². The summed E-state index contributed by atoms with van der Waals surface area (Å²) in [6, 6.07) is 5.36. The zero-order valence-electron chi connectivity index (χ0n) is 11.5. The minimum atomic E-state index is -4.26. The van der Waals surface area contributed by atoms with Gasteiger partial charge >= 0.3 is 6.18 Å². The van der Waals surface area contributed by atoms with Crippen molar-refractivity contribution in [3.63, 3.8) is 0 Å². The fourth-order valence-corrected chi connectivity index (χ4v) is 1.93. The summed E-state index contributed by atoms with van der Waals surface area (Å²) in [7, 11) is 0. The van der Waals surface area contributed by atoms with Gasteiger partial charge in [-0.1, -0.05) is 32.9 Å². The molecule has 0 heterocycles. The first-order valence-corrected chi connectivity index (χ1v) is 6.84. The van der Waals surface area contributed by atoms with E-state index in [0.29, 0.717) is 0 Å². The average Bonchev–Trinajstić information content (AvgIpc) is 2.27. The lowest BCUT2D eigenvalue weighted by Crippen LogP contribution is -2.20. The first kappa shape index (κ1) is 16.4. The quantitative estimate of drug-likeness (QED) is 0.626. The van der Waals surface area contributed by atoms with Gasteiger partial charge in [0, 0.05) is 5.38 Å². The highest BCUT2D eigenvalue weighted by Gasteiger charge is 2.29. The lowest BCUT2D eigenvalue weighted by atomic mass is 9.88. The highest BCUT2D eigenvalue weighted by molar-refractivity contribution is 6.21. The van der Waals surface area contributed by atoms with Crippen LogP contribution in [0.5, 0.6) is 0 Å². The van der Waals surface area contributed by atoms with Crippen LogP contribution in [0.1, 0.15) is 44.7 Å². The highest BCUT2D eigenvalue weighted by atomic mass is 35.5. The van der Waals surface area contributed by atoms with E-state index in [-0.39, 0.29) is 10.8 Å². The first-order valence-electron chi connectivity index (χ1n) is 6.41. The van der Waals surface area contributed by atoms with Crippen molar-refractivity contribution in [3.05, 3.63) is 35.4 Å². The number of alkyl halides is 4. The molecule has 0 radical (unpaired) electrons. The predicted molar refractivity (Wildman–Crippen MR) is 73.5 cm³/mol. The van der Waals surface area contributed by atoms with Crippen LogP contribution >= 0.6 is 11.6 Å². The Labute approximate surface area is 118 Å². The Morgan fingerprint density at radius 3 is 2.00 bits per heavy atom. The SMILES string of the molecule is CC(C)(C)C(Cl)CCCc1ccc(C(F)(F)F)cc1. The Balaban J connectivity index is 2.47. The Kier molecular flexibility index (Phi) is 5.31. The topological polar surface area (TPSA) is 0 Å². The van der Waals surface area contributed by atoms with Crippen LogP contribution in [0.25, 0.3) is 0 Å². The summed E-state index contributed by atoms with van der Waals surface area (Å²) in [6.07, 6.45) is -1.74. The van der Waals surface area contributed by atoms with E-state index in [1.807, 2.05) is 0 Å². The summed E-state index contributed by atoms with van der Waals surface area (Å²) in [4.78, 5) is 0. The summed E-state index contributed by atoms with van der Waals surface area (Å²) >= 11 is 6.26. The van der Waals surface area contributed by atoms with Crippen molar-refractivity contribution in [1.82, 2.24) is 0 Å². The molecule has 0 aromatic heterocycles. The van der Waals surface area contributed by atoms with E-state index in [9.17, 15) is 13.2 Å². The molecule has 0 aliphatic carbocycles. The summed E-state index contributed by atoms with van der Waals surface area (Å²) in [6.45, 7) is 6.26. The predicted octanol–water partition coefficient (Wildman–Crippen LogP) is 5.68. The van der Waals surface area contributed by atoms with Crippen LogP contribution in [0.3, 0.4) is 0 Å². The second-order valence-corrected chi connectivity index (χ2v) is 6.45. The molecule has 1 aromatic rings. The molecule has 0 saturated carbocycles. The Bertz CT molecular complexity index is 387. The van der Waals surface area contributed by atoms with Crippen LogP contribution in [0.2, 0.25) is 0 Å². The zero-order chi connectivity index (χ0) is 14.7. The van der Waals surface area contributed by atoms with Crippen LogP contribution in [-0.4, -0.2) is 5.38 Å². The van der Waals surface area contributed by atoms with Gasteiger partial charge in [-0.15, -0.1) is 11.6 Å². The van der Waals surface area contributed by atoms with Crippen LogP contribution < -0.4 is 0 Å². The smallest absolute Gasteiger partial charge is 0.166 e. The number of halogens is 4. The van der Waals surface area contributed by atoms with Crippen molar-refractivity contribution in [2.75, 3.05) is 0 Å². The van der Waals surface area contributed by atoms with E-state index >= 15 is 0 Å². The molecule has 0 amide bonds. The number of hydrogen-bond donors (Lipinski definition) is 0. The van der Waals surface area contributed by atoms with E-state index in [4.69, 9.17) is 11.6 Å². The third-order valence-electron chi connectivity index (χ3n) is 3.14. The standard InChI is InChI=1S/C15H20ClF3/c1-14(2,3)13(16)6-4-5-11-7-9-12(10-8-11)15(17,18)19/h7-10,13H,4-6H2,1-3H3. The lowest BCUT2D eigenvalue weighted by Gasteiger charge is -2.25. The molecule has 1 aromatic carbocycles. The van der Waals surface area contributed by atoms with Gasteiger partial charge in [0.25, 0.3) is 0 Å². The fourth-order valence-electron chi connectivity index (χ4n) is 1.78. The molecule has 4 heteroatoms. The third kappa shape index (κ3) is 5.43. The van der Waals surface area contributed by atoms with Crippen LogP contribution in [0.15, 0.2) is 24.3 Å².